The molecule has 158 valence electrons. The van der Waals surface area contributed by atoms with E-state index >= 15 is 0 Å². The third-order valence-corrected chi connectivity index (χ3v) is 5.16. The number of aryl methyl sites for hydroxylation is 1. The summed E-state index contributed by atoms with van der Waals surface area (Å²) in [4.78, 5) is 11.2. The Kier molecular flexibility index (Phi) is 6.63. The summed E-state index contributed by atoms with van der Waals surface area (Å²) in [5.41, 5.74) is 2.16. The van der Waals surface area contributed by atoms with Gasteiger partial charge in [0.1, 0.15) is 5.82 Å². The van der Waals surface area contributed by atoms with Crippen LogP contribution < -0.4 is 4.90 Å². The fourth-order valence-electron chi connectivity index (χ4n) is 3.34. The highest BCUT2D eigenvalue weighted by molar-refractivity contribution is 5.84. The maximum absolute atomic E-state index is 12.9. The Bertz CT molecular complexity index is 1040. The largest absolute Gasteiger partial charge is 0.416 e. The van der Waals surface area contributed by atoms with E-state index in [9.17, 15) is 13.2 Å². The molecule has 1 aromatic carbocycles. The smallest absolute Gasteiger partial charge is 0.361 e. The van der Waals surface area contributed by atoms with Gasteiger partial charge in [0, 0.05) is 43.4 Å². The van der Waals surface area contributed by atoms with Crippen LogP contribution in [0.5, 0.6) is 0 Å². The van der Waals surface area contributed by atoms with Crippen LogP contribution in [0.3, 0.4) is 0 Å². The van der Waals surface area contributed by atoms with Gasteiger partial charge in [-0.3, -0.25) is 0 Å². The van der Waals surface area contributed by atoms with Gasteiger partial charge < -0.3 is 14.8 Å². The molecule has 3 rings (SSSR count). The summed E-state index contributed by atoms with van der Waals surface area (Å²) in [6.45, 7) is 2.14. The predicted octanol–water partition coefficient (Wildman–Crippen LogP) is 4.45. The number of hydrogen-bond donors (Lipinski definition) is 1. The highest BCUT2D eigenvalue weighted by Crippen LogP contribution is 2.30. The molecule has 30 heavy (non-hydrogen) atoms. The van der Waals surface area contributed by atoms with Crippen LogP contribution in [-0.4, -0.2) is 48.6 Å². The number of hydrogen-bond acceptors (Lipinski definition) is 4. The Hall–Kier alpha value is -3.05. The molecular weight excluding hydrogens is 391 g/mol. The summed E-state index contributed by atoms with van der Waals surface area (Å²) < 4.78 is 38.6. The number of nitrogens with one attached hydrogen (secondary N) is 1. The van der Waals surface area contributed by atoms with Gasteiger partial charge in [0.25, 0.3) is 0 Å². The molecule has 3 aromatic rings. The molecule has 0 aliphatic heterocycles. The van der Waals surface area contributed by atoms with E-state index in [-0.39, 0.29) is 0 Å². The predicted molar refractivity (Wildman–Crippen MR) is 111 cm³/mol. The van der Waals surface area contributed by atoms with E-state index in [1.165, 1.54) is 11.8 Å². The minimum atomic E-state index is -4.37. The van der Waals surface area contributed by atoms with Gasteiger partial charge in [-0.2, -0.15) is 18.4 Å². The fourth-order valence-corrected chi connectivity index (χ4v) is 3.34. The zero-order valence-electron chi connectivity index (χ0n) is 17.0. The van der Waals surface area contributed by atoms with E-state index in [4.69, 9.17) is 5.26 Å². The lowest BCUT2D eigenvalue weighted by atomic mass is 10.1. The summed E-state index contributed by atoms with van der Waals surface area (Å²) in [7, 11) is 3.74. The number of likely N-dealkylation sites (N-methyl/N-ethyl adjacent to an activating group) is 2. The first-order valence-electron chi connectivity index (χ1n) is 9.71. The number of anilines is 1. The third-order valence-electron chi connectivity index (χ3n) is 5.16. The molecule has 0 aliphatic rings. The number of benzene rings is 1. The summed E-state index contributed by atoms with van der Waals surface area (Å²) in [5.74, 6) is 0.310. The van der Waals surface area contributed by atoms with Crippen molar-refractivity contribution in [1.29, 1.82) is 5.26 Å². The van der Waals surface area contributed by atoms with Gasteiger partial charge >= 0.3 is 6.18 Å². The Labute approximate surface area is 173 Å². The number of aromatic nitrogens is 2. The Morgan fingerprint density at radius 2 is 1.90 bits per heavy atom. The standard InChI is InChI=1S/C22H24F3N5/c1-29(10-11-30(2)21-13-18(7-8-27-21)22(23,24)25)9-3-4-17-15-28-20-6-5-16(14-26)12-19(17)20/h5-8,12-13,15,28H,3-4,9-11H2,1-2H3. The molecule has 0 saturated heterocycles. The van der Waals surface area contributed by atoms with E-state index in [2.05, 4.69) is 20.9 Å². The maximum atomic E-state index is 12.9. The zero-order valence-corrected chi connectivity index (χ0v) is 17.0. The number of alkyl halides is 3. The van der Waals surface area contributed by atoms with Crippen molar-refractivity contribution in [1.82, 2.24) is 14.9 Å². The minimum absolute atomic E-state index is 0.310. The van der Waals surface area contributed by atoms with Crippen molar-refractivity contribution in [2.45, 2.75) is 19.0 Å². The van der Waals surface area contributed by atoms with Crippen LogP contribution in [0.4, 0.5) is 19.0 Å². The highest BCUT2D eigenvalue weighted by Gasteiger charge is 2.31. The van der Waals surface area contributed by atoms with E-state index < -0.39 is 11.7 Å². The summed E-state index contributed by atoms with van der Waals surface area (Å²) in [6.07, 6.45) is 0.623. The summed E-state index contributed by atoms with van der Waals surface area (Å²) >= 11 is 0. The molecule has 2 aromatic heterocycles. The first-order chi connectivity index (χ1) is 14.3. The molecule has 0 aliphatic carbocycles. The van der Waals surface area contributed by atoms with Crippen LogP contribution >= 0.6 is 0 Å². The fraction of sp³-hybridized carbons (Fsp3) is 0.364. The van der Waals surface area contributed by atoms with Crippen molar-refractivity contribution in [2.24, 2.45) is 0 Å². The van der Waals surface area contributed by atoms with Crippen molar-refractivity contribution in [3.63, 3.8) is 0 Å². The van der Waals surface area contributed by atoms with Gasteiger partial charge in [0.2, 0.25) is 0 Å². The van der Waals surface area contributed by atoms with Gasteiger partial charge in [-0.1, -0.05) is 0 Å². The first-order valence-corrected chi connectivity index (χ1v) is 9.71. The van der Waals surface area contributed by atoms with Crippen LogP contribution in [0, 0.1) is 11.3 Å². The van der Waals surface area contributed by atoms with Crippen molar-refractivity contribution in [3.05, 3.63) is 59.4 Å². The van der Waals surface area contributed by atoms with Gasteiger partial charge in [0.15, 0.2) is 0 Å². The number of H-pyrrole nitrogens is 1. The van der Waals surface area contributed by atoms with Crippen molar-refractivity contribution >= 4 is 16.7 Å². The van der Waals surface area contributed by atoms with E-state index in [1.54, 1.807) is 18.0 Å². The normalized spacial score (nSPS) is 11.8. The lowest BCUT2D eigenvalue weighted by Crippen LogP contribution is -2.32. The second-order valence-electron chi connectivity index (χ2n) is 7.41. The molecule has 1 N–H and O–H groups in total. The lowest BCUT2D eigenvalue weighted by Gasteiger charge is -2.23. The van der Waals surface area contributed by atoms with Crippen LogP contribution in [0.15, 0.2) is 42.7 Å². The molecular formula is C22H24F3N5. The van der Waals surface area contributed by atoms with E-state index in [0.29, 0.717) is 24.5 Å². The number of fused-ring (bicyclic) bond motifs is 1. The summed E-state index contributed by atoms with van der Waals surface area (Å²) in [6, 6.07) is 9.84. The van der Waals surface area contributed by atoms with Gasteiger partial charge in [-0.15, -0.1) is 0 Å². The number of aromatic amines is 1. The van der Waals surface area contributed by atoms with Crippen molar-refractivity contribution in [2.75, 3.05) is 38.6 Å². The molecule has 0 amide bonds. The maximum Gasteiger partial charge on any atom is 0.416 e. The van der Waals surface area contributed by atoms with Crippen LogP contribution in [0.1, 0.15) is 23.1 Å². The Balaban J connectivity index is 1.49. The number of halogens is 3. The monoisotopic (exact) mass is 415 g/mol. The Morgan fingerprint density at radius 3 is 2.63 bits per heavy atom. The van der Waals surface area contributed by atoms with Crippen molar-refractivity contribution < 1.29 is 13.2 Å². The first kappa shape index (κ1) is 21.7. The summed E-state index contributed by atoms with van der Waals surface area (Å²) in [5, 5.41) is 10.2. The topological polar surface area (TPSA) is 59.0 Å². The third kappa shape index (κ3) is 5.30. The number of nitrogens with zero attached hydrogens (tertiary/aromatic N) is 4. The van der Waals surface area contributed by atoms with Crippen LogP contribution in [0.2, 0.25) is 0 Å². The molecule has 0 atom stereocenters. The quantitative estimate of drug-likeness (QED) is 0.590. The van der Waals surface area contributed by atoms with Gasteiger partial charge in [0.05, 0.1) is 17.2 Å². The molecule has 8 heteroatoms. The van der Waals surface area contributed by atoms with Crippen LogP contribution in [-0.2, 0) is 12.6 Å². The highest BCUT2D eigenvalue weighted by atomic mass is 19.4. The molecule has 0 radical (unpaired) electrons. The molecule has 5 nitrogen and oxygen atoms in total. The van der Waals surface area contributed by atoms with Crippen molar-refractivity contribution in [3.8, 4) is 6.07 Å². The molecule has 0 spiro atoms. The average Bonchev–Trinajstić information content (AvgIpc) is 3.13. The SMILES string of the molecule is CN(CCCc1c[nH]c2ccc(C#N)cc12)CCN(C)c1cc(C(F)(F)F)ccn1. The molecule has 2 heterocycles. The molecule has 0 unspecified atom stereocenters. The average molecular weight is 415 g/mol. The number of nitriles is 1. The molecule has 0 bridgehead atoms. The molecule has 0 saturated carbocycles. The van der Waals surface area contributed by atoms with Gasteiger partial charge in [-0.05, 0) is 62.3 Å². The van der Waals surface area contributed by atoms with E-state index in [0.717, 1.165) is 42.4 Å². The Morgan fingerprint density at radius 1 is 1.10 bits per heavy atom. The van der Waals surface area contributed by atoms with E-state index in [1.807, 2.05) is 25.4 Å². The molecule has 0 fully saturated rings. The minimum Gasteiger partial charge on any atom is -0.361 e. The second-order valence-corrected chi connectivity index (χ2v) is 7.41. The zero-order chi connectivity index (χ0) is 21.7. The van der Waals surface area contributed by atoms with Gasteiger partial charge in [-0.25, -0.2) is 4.98 Å². The number of rotatable bonds is 8. The second kappa shape index (κ2) is 9.18. The lowest BCUT2D eigenvalue weighted by molar-refractivity contribution is -0.137. The van der Waals surface area contributed by atoms with Crippen LogP contribution in [0.25, 0.3) is 10.9 Å². The number of pyridine rings is 1.